The fourth-order valence-electron chi connectivity index (χ4n) is 1.76. The van der Waals surface area contributed by atoms with Gasteiger partial charge in [-0.25, -0.2) is 0 Å². The molecule has 0 amide bonds. The smallest absolute Gasteiger partial charge is 0.304 e. The van der Waals surface area contributed by atoms with Crippen LogP contribution in [0.2, 0.25) is 0 Å². The summed E-state index contributed by atoms with van der Waals surface area (Å²) in [7, 11) is 0. The molecule has 4 heteroatoms. The van der Waals surface area contributed by atoms with Gasteiger partial charge in [0.1, 0.15) is 0 Å². The summed E-state index contributed by atoms with van der Waals surface area (Å²) in [4.78, 5) is 10.3. The molecule has 4 nitrogen and oxygen atoms in total. The van der Waals surface area contributed by atoms with E-state index >= 15 is 0 Å². The molecule has 0 aliphatic rings. The first kappa shape index (κ1) is 23.6. The number of rotatable bonds is 12. The van der Waals surface area contributed by atoms with Crippen LogP contribution in [0.3, 0.4) is 0 Å². The van der Waals surface area contributed by atoms with Crippen molar-refractivity contribution in [1.82, 2.24) is 0 Å². The molecule has 0 aliphatic carbocycles. The zero-order valence-electron chi connectivity index (χ0n) is 15.4. The predicted molar refractivity (Wildman–Crippen MR) is 107 cm³/mol. The van der Waals surface area contributed by atoms with E-state index in [-0.39, 0.29) is 6.42 Å². The molecule has 0 aromatic carbocycles. The molecule has 0 aromatic heterocycles. The van der Waals surface area contributed by atoms with Crippen molar-refractivity contribution in [2.24, 2.45) is 0 Å². The lowest BCUT2D eigenvalue weighted by molar-refractivity contribution is -0.136. The van der Waals surface area contributed by atoms with E-state index in [4.69, 9.17) is 5.11 Å². The molecule has 0 saturated heterocycles. The van der Waals surface area contributed by atoms with Crippen LogP contribution in [-0.4, -0.2) is 33.5 Å². The fourth-order valence-corrected chi connectivity index (χ4v) is 1.76. The van der Waals surface area contributed by atoms with E-state index in [0.717, 1.165) is 12.8 Å². The molecule has 0 saturated carbocycles. The first-order valence-corrected chi connectivity index (χ1v) is 8.91. The highest BCUT2D eigenvalue weighted by Crippen LogP contribution is 1.98. The van der Waals surface area contributed by atoms with Crippen LogP contribution < -0.4 is 0 Å². The molecule has 0 fully saturated rings. The molecule has 0 rings (SSSR count). The summed E-state index contributed by atoms with van der Waals surface area (Å²) < 4.78 is 0. The van der Waals surface area contributed by atoms with Gasteiger partial charge in [0, 0.05) is 12.8 Å². The molecular formula is C22H30O4. The van der Waals surface area contributed by atoms with Gasteiger partial charge >= 0.3 is 5.97 Å². The summed E-state index contributed by atoms with van der Waals surface area (Å²) in [5.41, 5.74) is 0. The summed E-state index contributed by atoms with van der Waals surface area (Å²) in [5.74, 6) is 4.61. The Morgan fingerprint density at radius 1 is 0.923 bits per heavy atom. The number of carbonyl (C=O) groups is 1. The van der Waals surface area contributed by atoms with Gasteiger partial charge in [0.2, 0.25) is 0 Å². The normalized spacial score (nSPS) is 14.6. The molecule has 0 aliphatic heterocycles. The monoisotopic (exact) mass is 358 g/mol. The molecule has 0 bridgehead atoms. The van der Waals surface area contributed by atoms with Gasteiger partial charge in [0.15, 0.2) is 0 Å². The molecule has 0 radical (unpaired) electrons. The Hall–Kier alpha value is -2.35. The average molecular weight is 358 g/mol. The largest absolute Gasteiger partial charge is 0.481 e. The van der Waals surface area contributed by atoms with Crippen molar-refractivity contribution in [2.45, 2.75) is 57.7 Å². The predicted octanol–water partition coefficient (Wildman–Crippen LogP) is 3.94. The van der Waals surface area contributed by atoms with Crippen LogP contribution in [0.5, 0.6) is 0 Å². The SMILES string of the molecule is CCC=CC[C@H](O)C=CC=CCC=CC=CC(O)CC#CCCC(=O)O. The second kappa shape index (κ2) is 17.5. The summed E-state index contributed by atoms with van der Waals surface area (Å²) in [6.45, 7) is 2.06. The number of allylic oxidation sites excluding steroid dienone is 7. The van der Waals surface area contributed by atoms with Gasteiger partial charge in [-0.1, -0.05) is 67.7 Å². The van der Waals surface area contributed by atoms with Crippen LogP contribution in [0.1, 0.15) is 45.4 Å². The molecule has 1 unspecified atom stereocenters. The standard InChI is InChI=1S/C22H30O4/c1-2-3-10-15-20(23)16-11-7-5-4-6-8-12-17-21(24)18-13-9-14-19-22(25)26/h3,5-8,10-12,16-17,20-21,23-24H,2,4,14-15,18-19H2,1H3,(H,25,26)/t20-,21?/m0/s1. The zero-order chi connectivity index (χ0) is 19.5. The average Bonchev–Trinajstić information content (AvgIpc) is 2.60. The van der Waals surface area contributed by atoms with Crippen LogP contribution in [-0.2, 0) is 4.79 Å². The van der Waals surface area contributed by atoms with Crippen molar-refractivity contribution in [2.75, 3.05) is 0 Å². The molecule has 0 spiro atoms. The molecule has 26 heavy (non-hydrogen) atoms. The highest BCUT2D eigenvalue weighted by atomic mass is 16.4. The van der Waals surface area contributed by atoms with Crippen molar-refractivity contribution in [3.63, 3.8) is 0 Å². The molecule has 0 aromatic rings. The second-order valence-corrected chi connectivity index (χ2v) is 5.56. The van der Waals surface area contributed by atoms with Gasteiger partial charge in [-0.05, 0) is 19.3 Å². The van der Waals surface area contributed by atoms with E-state index in [1.54, 1.807) is 18.2 Å². The van der Waals surface area contributed by atoms with Gasteiger partial charge in [0.25, 0.3) is 0 Å². The summed E-state index contributed by atoms with van der Waals surface area (Å²) >= 11 is 0. The maximum absolute atomic E-state index is 10.3. The third-order valence-corrected chi connectivity index (χ3v) is 3.11. The number of hydrogen-bond acceptors (Lipinski definition) is 3. The quantitative estimate of drug-likeness (QED) is 0.280. The molecular weight excluding hydrogens is 328 g/mol. The lowest BCUT2D eigenvalue weighted by Gasteiger charge is -1.98. The van der Waals surface area contributed by atoms with Crippen molar-refractivity contribution in [1.29, 1.82) is 0 Å². The number of aliphatic carboxylic acids is 1. The van der Waals surface area contributed by atoms with Crippen molar-refractivity contribution < 1.29 is 20.1 Å². The van der Waals surface area contributed by atoms with Gasteiger partial charge < -0.3 is 15.3 Å². The third-order valence-electron chi connectivity index (χ3n) is 3.11. The Morgan fingerprint density at radius 3 is 2.19 bits per heavy atom. The van der Waals surface area contributed by atoms with Crippen molar-refractivity contribution >= 4 is 5.97 Å². The lowest BCUT2D eigenvalue weighted by Crippen LogP contribution is -1.99. The number of carboxylic acid groups (broad SMARTS) is 1. The molecule has 142 valence electrons. The third kappa shape index (κ3) is 18.0. The first-order chi connectivity index (χ1) is 12.6. The summed E-state index contributed by atoms with van der Waals surface area (Å²) in [5, 5.41) is 27.8. The van der Waals surface area contributed by atoms with Gasteiger partial charge in [-0.2, -0.15) is 0 Å². The van der Waals surface area contributed by atoms with E-state index < -0.39 is 18.2 Å². The number of carboxylic acids is 1. The Balaban J connectivity index is 3.88. The number of aliphatic hydroxyl groups excluding tert-OH is 2. The molecule has 3 N–H and O–H groups in total. The zero-order valence-corrected chi connectivity index (χ0v) is 15.4. The topological polar surface area (TPSA) is 77.8 Å². The highest BCUT2D eigenvalue weighted by molar-refractivity contribution is 5.66. The minimum Gasteiger partial charge on any atom is -0.481 e. The van der Waals surface area contributed by atoms with E-state index in [0.29, 0.717) is 19.3 Å². The second-order valence-electron chi connectivity index (χ2n) is 5.56. The lowest BCUT2D eigenvalue weighted by atomic mass is 10.2. The van der Waals surface area contributed by atoms with Crippen molar-refractivity contribution in [3.05, 3.63) is 60.8 Å². The van der Waals surface area contributed by atoms with E-state index in [9.17, 15) is 15.0 Å². The summed E-state index contributed by atoms with van der Waals surface area (Å²) in [6, 6.07) is 0. The minimum absolute atomic E-state index is 0.0270. The molecule has 0 heterocycles. The van der Waals surface area contributed by atoms with E-state index in [1.165, 1.54) is 0 Å². The first-order valence-electron chi connectivity index (χ1n) is 8.91. The fraction of sp³-hybridized carbons (Fsp3) is 0.409. The van der Waals surface area contributed by atoms with Crippen molar-refractivity contribution in [3.8, 4) is 11.8 Å². The van der Waals surface area contributed by atoms with Crippen LogP contribution in [0.25, 0.3) is 0 Å². The van der Waals surface area contributed by atoms with Crippen LogP contribution >= 0.6 is 0 Å². The maximum atomic E-state index is 10.3. The van der Waals surface area contributed by atoms with Gasteiger partial charge in [0.05, 0.1) is 18.6 Å². The maximum Gasteiger partial charge on any atom is 0.304 e. The van der Waals surface area contributed by atoms with Crippen LogP contribution in [0.4, 0.5) is 0 Å². The van der Waals surface area contributed by atoms with Gasteiger partial charge in [-0.3, -0.25) is 4.79 Å². The number of hydrogen-bond donors (Lipinski definition) is 3. The Bertz CT molecular complexity index is 571. The Labute approximate surface area is 156 Å². The Morgan fingerprint density at radius 2 is 1.58 bits per heavy atom. The van der Waals surface area contributed by atoms with E-state index in [2.05, 4.69) is 18.8 Å². The number of aliphatic hydroxyl groups is 2. The summed E-state index contributed by atoms with van der Waals surface area (Å²) in [6.07, 6.45) is 20.6. The van der Waals surface area contributed by atoms with Crippen LogP contribution in [0, 0.1) is 11.8 Å². The van der Waals surface area contributed by atoms with Gasteiger partial charge in [-0.15, -0.1) is 11.8 Å². The van der Waals surface area contributed by atoms with Crippen LogP contribution in [0.15, 0.2) is 60.8 Å². The Kier molecular flexibility index (Phi) is 15.9. The highest BCUT2D eigenvalue weighted by Gasteiger charge is 1.94. The minimum atomic E-state index is -0.866. The van der Waals surface area contributed by atoms with E-state index in [1.807, 2.05) is 42.5 Å². The molecule has 2 atom stereocenters.